The standard InChI is InChI=1S/C8H7N3/c1-7-8(4-3-5-9)6-11(2)10-7/h6H,1-2H3. The lowest BCUT2D eigenvalue weighted by Crippen LogP contribution is -1.86. The molecule has 0 saturated heterocycles. The van der Waals surface area contributed by atoms with Crippen LogP contribution in [0.1, 0.15) is 11.3 Å². The van der Waals surface area contributed by atoms with E-state index in [2.05, 4.69) is 16.9 Å². The highest BCUT2D eigenvalue weighted by molar-refractivity contribution is 5.38. The minimum absolute atomic E-state index is 0.814. The fourth-order valence-electron chi connectivity index (χ4n) is 0.818. The maximum absolute atomic E-state index is 8.17. The summed E-state index contributed by atoms with van der Waals surface area (Å²) in [4.78, 5) is 0. The summed E-state index contributed by atoms with van der Waals surface area (Å²) in [7, 11) is 1.82. The van der Waals surface area contributed by atoms with Crippen LogP contribution >= 0.6 is 0 Å². The van der Waals surface area contributed by atoms with Gasteiger partial charge in [-0.3, -0.25) is 4.68 Å². The largest absolute Gasteiger partial charge is 0.274 e. The molecular weight excluding hydrogens is 138 g/mol. The molecule has 1 rings (SSSR count). The minimum Gasteiger partial charge on any atom is -0.274 e. The third-order valence-electron chi connectivity index (χ3n) is 1.27. The molecule has 11 heavy (non-hydrogen) atoms. The summed E-state index contributed by atoms with van der Waals surface area (Å²) in [5.41, 5.74) is 1.67. The molecule has 0 fully saturated rings. The number of aromatic nitrogens is 2. The summed E-state index contributed by atoms with van der Waals surface area (Å²) in [6.07, 6.45) is 1.79. The molecule has 54 valence electrons. The molecule has 0 radical (unpaired) electrons. The fraction of sp³-hybridized carbons (Fsp3) is 0.250. The Hall–Kier alpha value is -1.74. The number of aryl methyl sites for hydroxylation is 2. The van der Waals surface area contributed by atoms with Crippen molar-refractivity contribution >= 4 is 0 Å². The van der Waals surface area contributed by atoms with Gasteiger partial charge in [-0.05, 0) is 12.8 Å². The molecule has 3 nitrogen and oxygen atoms in total. The average Bonchev–Trinajstić information content (AvgIpc) is 2.26. The zero-order valence-corrected chi connectivity index (χ0v) is 6.42. The van der Waals surface area contributed by atoms with Crippen molar-refractivity contribution in [2.45, 2.75) is 6.92 Å². The molecule has 0 N–H and O–H groups in total. The molecule has 0 aliphatic rings. The van der Waals surface area contributed by atoms with Crippen molar-refractivity contribution in [1.29, 1.82) is 5.26 Å². The average molecular weight is 145 g/mol. The van der Waals surface area contributed by atoms with Gasteiger partial charge in [0.05, 0.1) is 11.3 Å². The minimum atomic E-state index is 0.814. The van der Waals surface area contributed by atoms with Gasteiger partial charge in [-0.2, -0.15) is 10.4 Å². The van der Waals surface area contributed by atoms with Gasteiger partial charge in [0.15, 0.2) is 6.07 Å². The lowest BCUT2D eigenvalue weighted by molar-refractivity contribution is 0.756. The van der Waals surface area contributed by atoms with Crippen LogP contribution in [0.3, 0.4) is 0 Å². The van der Waals surface area contributed by atoms with Crippen molar-refractivity contribution in [2.24, 2.45) is 7.05 Å². The Kier molecular flexibility index (Phi) is 1.94. The molecule has 1 heterocycles. The molecule has 0 spiro atoms. The Bertz CT molecular complexity index is 357. The van der Waals surface area contributed by atoms with E-state index < -0.39 is 0 Å². The van der Waals surface area contributed by atoms with Crippen molar-refractivity contribution in [3.05, 3.63) is 17.5 Å². The SMILES string of the molecule is Cc1nn(C)cc1C#CC#N. The monoisotopic (exact) mass is 145 g/mol. The summed E-state index contributed by atoms with van der Waals surface area (Å²) in [5, 5.41) is 12.2. The van der Waals surface area contributed by atoms with Gasteiger partial charge in [-0.25, -0.2) is 0 Å². The predicted octanol–water partition coefficient (Wildman–Crippen LogP) is 0.604. The zero-order valence-electron chi connectivity index (χ0n) is 6.42. The highest BCUT2D eigenvalue weighted by Crippen LogP contribution is 2.00. The Morgan fingerprint density at radius 3 is 2.82 bits per heavy atom. The Morgan fingerprint density at radius 1 is 1.64 bits per heavy atom. The molecule has 1 aromatic heterocycles. The van der Waals surface area contributed by atoms with Gasteiger partial charge < -0.3 is 0 Å². The normalized spacial score (nSPS) is 8.09. The molecule has 0 aliphatic heterocycles. The highest BCUT2D eigenvalue weighted by Gasteiger charge is 1.97. The second kappa shape index (κ2) is 2.90. The van der Waals surface area contributed by atoms with Crippen LogP contribution in [0.4, 0.5) is 0 Å². The number of hydrogen-bond acceptors (Lipinski definition) is 2. The summed E-state index contributed by atoms with van der Waals surface area (Å²) >= 11 is 0. The third-order valence-corrected chi connectivity index (χ3v) is 1.27. The summed E-state index contributed by atoms with van der Waals surface area (Å²) in [6.45, 7) is 1.86. The van der Waals surface area contributed by atoms with Gasteiger partial charge in [-0.15, -0.1) is 0 Å². The van der Waals surface area contributed by atoms with Gasteiger partial charge in [0.2, 0.25) is 0 Å². The maximum atomic E-state index is 8.17. The topological polar surface area (TPSA) is 41.6 Å². The second-order valence-electron chi connectivity index (χ2n) is 2.16. The van der Waals surface area contributed by atoms with Crippen LogP contribution in [0.25, 0.3) is 0 Å². The lowest BCUT2D eigenvalue weighted by atomic mass is 10.3. The Morgan fingerprint density at radius 2 is 2.36 bits per heavy atom. The predicted molar refractivity (Wildman–Crippen MR) is 40.4 cm³/mol. The van der Waals surface area contributed by atoms with Crippen molar-refractivity contribution in [3.8, 4) is 17.9 Å². The van der Waals surface area contributed by atoms with Crippen molar-refractivity contribution < 1.29 is 0 Å². The van der Waals surface area contributed by atoms with Crippen LogP contribution in [0.15, 0.2) is 6.20 Å². The van der Waals surface area contributed by atoms with Crippen LogP contribution in [-0.2, 0) is 7.05 Å². The molecule has 0 aromatic carbocycles. The van der Waals surface area contributed by atoms with E-state index in [0.717, 1.165) is 11.3 Å². The highest BCUT2D eigenvalue weighted by atomic mass is 15.2. The van der Waals surface area contributed by atoms with Gasteiger partial charge in [0.1, 0.15) is 0 Å². The molecule has 0 unspecified atom stereocenters. The molecule has 0 amide bonds. The van der Waals surface area contributed by atoms with Crippen molar-refractivity contribution in [2.75, 3.05) is 0 Å². The van der Waals surface area contributed by atoms with Gasteiger partial charge in [0.25, 0.3) is 0 Å². The first kappa shape index (κ1) is 7.37. The summed E-state index contributed by atoms with van der Waals surface area (Å²) in [5.74, 6) is 5.01. The van der Waals surface area contributed by atoms with Crippen LogP contribution in [0.5, 0.6) is 0 Å². The van der Waals surface area contributed by atoms with E-state index >= 15 is 0 Å². The first-order chi connectivity index (χ1) is 5.24. The number of nitriles is 1. The Labute approximate surface area is 65.3 Å². The number of rotatable bonds is 0. The fourth-order valence-corrected chi connectivity index (χ4v) is 0.818. The molecule has 1 aromatic rings. The molecule has 0 atom stereocenters. The van der Waals surface area contributed by atoms with Crippen LogP contribution in [-0.4, -0.2) is 9.78 Å². The van der Waals surface area contributed by atoms with Crippen molar-refractivity contribution in [3.63, 3.8) is 0 Å². The molecule has 3 heteroatoms. The van der Waals surface area contributed by atoms with E-state index in [1.807, 2.05) is 14.0 Å². The number of nitrogens with zero attached hydrogens (tertiary/aromatic N) is 3. The molecule has 0 aliphatic carbocycles. The molecule has 0 bridgehead atoms. The van der Waals surface area contributed by atoms with Gasteiger partial charge in [0, 0.05) is 19.2 Å². The Balaban J connectivity index is 3.06. The van der Waals surface area contributed by atoms with Gasteiger partial charge in [-0.1, -0.05) is 0 Å². The van der Waals surface area contributed by atoms with Gasteiger partial charge >= 0.3 is 0 Å². The number of hydrogen-bond donors (Lipinski definition) is 0. The van der Waals surface area contributed by atoms with E-state index in [9.17, 15) is 0 Å². The van der Waals surface area contributed by atoms with E-state index in [-0.39, 0.29) is 0 Å². The second-order valence-corrected chi connectivity index (χ2v) is 2.16. The first-order valence-corrected chi connectivity index (χ1v) is 3.14. The van der Waals surface area contributed by atoms with Crippen LogP contribution in [0, 0.1) is 30.1 Å². The van der Waals surface area contributed by atoms with E-state index in [1.54, 1.807) is 16.9 Å². The maximum Gasteiger partial charge on any atom is 0.152 e. The quantitative estimate of drug-likeness (QED) is 0.502. The van der Waals surface area contributed by atoms with E-state index in [4.69, 9.17) is 5.26 Å². The van der Waals surface area contributed by atoms with Crippen LogP contribution < -0.4 is 0 Å². The summed E-state index contributed by atoms with van der Waals surface area (Å²) in [6, 6.07) is 1.75. The van der Waals surface area contributed by atoms with E-state index in [0.29, 0.717) is 0 Å². The first-order valence-electron chi connectivity index (χ1n) is 3.14. The van der Waals surface area contributed by atoms with Crippen LogP contribution in [0.2, 0.25) is 0 Å². The van der Waals surface area contributed by atoms with E-state index in [1.165, 1.54) is 0 Å². The smallest absolute Gasteiger partial charge is 0.152 e. The van der Waals surface area contributed by atoms with Crippen molar-refractivity contribution in [1.82, 2.24) is 9.78 Å². The lowest BCUT2D eigenvalue weighted by Gasteiger charge is -1.79. The molecular formula is C8H7N3. The third kappa shape index (κ3) is 1.59. The molecule has 0 saturated carbocycles. The zero-order chi connectivity index (χ0) is 8.27. The summed E-state index contributed by atoms with van der Waals surface area (Å²) < 4.78 is 1.68.